The van der Waals surface area contributed by atoms with Crippen molar-refractivity contribution in [2.24, 2.45) is 5.73 Å². The Morgan fingerprint density at radius 1 is 1.59 bits per heavy atom. The molecular weight excluding hydrogens is 226 g/mol. The largest absolute Gasteiger partial charge is 0.462 e. The van der Waals surface area contributed by atoms with Gasteiger partial charge in [-0.05, 0) is 0 Å². The number of rotatable bonds is 8. The molecule has 0 saturated heterocycles. The number of hydrogen-bond donors (Lipinski definition) is 2. The van der Waals surface area contributed by atoms with Crippen molar-refractivity contribution in [1.29, 1.82) is 0 Å². The highest BCUT2D eigenvalue weighted by Crippen LogP contribution is 1.98. The lowest BCUT2D eigenvalue weighted by Gasteiger charge is -2.10. The summed E-state index contributed by atoms with van der Waals surface area (Å²) in [5, 5.41) is 0. The Kier molecular flexibility index (Phi) is 5.91. The third-order valence-corrected chi connectivity index (χ3v) is 1.96. The minimum Gasteiger partial charge on any atom is -0.462 e. The van der Waals surface area contributed by atoms with Crippen molar-refractivity contribution in [2.45, 2.75) is 12.5 Å². The van der Waals surface area contributed by atoms with Crippen molar-refractivity contribution in [2.75, 3.05) is 19.8 Å². The molecule has 7 heteroatoms. The zero-order chi connectivity index (χ0) is 12.5. The average Bonchev–Trinajstić information content (AvgIpc) is 2.81. The van der Waals surface area contributed by atoms with Gasteiger partial charge in [0.25, 0.3) is 0 Å². The van der Waals surface area contributed by atoms with Gasteiger partial charge < -0.3 is 25.0 Å². The van der Waals surface area contributed by atoms with E-state index in [4.69, 9.17) is 15.2 Å². The van der Waals surface area contributed by atoms with Crippen LogP contribution in [-0.4, -0.2) is 48.1 Å². The first-order chi connectivity index (χ1) is 8.24. The highest BCUT2D eigenvalue weighted by atomic mass is 16.6. The zero-order valence-corrected chi connectivity index (χ0v) is 9.30. The van der Waals surface area contributed by atoms with Crippen LogP contribution in [0.5, 0.6) is 0 Å². The lowest BCUT2D eigenvalue weighted by Crippen LogP contribution is -2.35. The molecule has 17 heavy (non-hydrogen) atoms. The molecule has 0 fully saturated rings. The van der Waals surface area contributed by atoms with Crippen LogP contribution in [0.1, 0.15) is 5.69 Å². The Balaban J connectivity index is 2.16. The van der Waals surface area contributed by atoms with Gasteiger partial charge in [0.05, 0.1) is 12.9 Å². The number of aromatic amines is 1. The van der Waals surface area contributed by atoms with Gasteiger partial charge in [-0.15, -0.1) is 0 Å². The molecule has 0 spiro atoms. The molecule has 0 saturated carbocycles. The van der Waals surface area contributed by atoms with E-state index in [1.807, 2.05) is 0 Å². The van der Waals surface area contributed by atoms with E-state index >= 15 is 0 Å². The molecular formula is C10H15N3O4. The van der Waals surface area contributed by atoms with E-state index in [1.54, 1.807) is 6.20 Å². The van der Waals surface area contributed by atoms with Crippen LogP contribution in [0, 0.1) is 0 Å². The number of nitrogens with two attached hydrogens (primary N) is 1. The first kappa shape index (κ1) is 13.3. The number of hydrogen-bond acceptors (Lipinski definition) is 6. The molecule has 94 valence electrons. The standard InChI is InChI=1S/C10H15N3O4/c11-9(5-8-6-12-7-13-8)10(15)17-4-3-16-2-1-14/h1,6-7,9H,2-5,11H2,(H,12,13). The lowest BCUT2D eigenvalue weighted by molar-refractivity contribution is -0.146. The number of H-pyrrole nitrogens is 1. The molecule has 3 N–H and O–H groups in total. The molecule has 1 atom stereocenters. The molecule has 0 aliphatic heterocycles. The molecule has 1 aromatic heterocycles. The van der Waals surface area contributed by atoms with Crippen molar-refractivity contribution < 1.29 is 19.1 Å². The minimum atomic E-state index is -0.735. The third-order valence-electron chi connectivity index (χ3n) is 1.96. The predicted octanol–water partition coefficient (Wildman–Crippen LogP) is -0.962. The number of aldehydes is 1. The molecule has 0 aromatic carbocycles. The van der Waals surface area contributed by atoms with Gasteiger partial charge >= 0.3 is 5.97 Å². The smallest absolute Gasteiger partial charge is 0.323 e. The molecule has 7 nitrogen and oxygen atoms in total. The van der Waals surface area contributed by atoms with Crippen LogP contribution in [0.3, 0.4) is 0 Å². The summed E-state index contributed by atoms with van der Waals surface area (Å²) in [5.41, 5.74) is 6.40. The van der Waals surface area contributed by atoms with E-state index in [-0.39, 0.29) is 19.8 Å². The molecule has 1 rings (SSSR count). The van der Waals surface area contributed by atoms with Crippen LogP contribution in [-0.2, 0) is 25.5 Å². The third kappa shape index (κ3) is 5.23. The number of esters is 1. The van der Waals surface area contributed by atoms with Crippen LogP contribution in [0.15, 0.2) is 12.5 Å². The lowest BCUT2D eigenvalue weighted by atomic mass is 10.2. The predicted molar refractivity (Wildman–Crippen MR) is 58.1 cm³/mol. The van der Waals surface area contributed by atoms with Crippen molar-refractivity contribution in [1.82, 2.24) is 9.97 Å². The molecule has 1 unspecified atom stereocenters. The monoisotopic (exact) mass is 241 g/mol. The zero-order valence-electron chi connectivity index (χ0n) is 9.30. The van der Waals surface area contributed by atoms with E-state index in [9.17, 15) is 9.59 Å². The number of nitrogens with zero attached hydrogens (tertiary/aromatic N) is 1. The number of carbonyl (C=O) groups is 2. The molecule has 0 amide bonds. The maximum Gasteiger partial charge on any atom is 0.323 e. The van der Waals surface area contributed by atoms with Gasteiger partial charge in [0, 0.05) is 18.3 Å². The molecule has 0 aliphatic carbocycles. The van der Waals surface area contributed by atoms with E-state index in [1.165, 1.54) is 6.33 Å². The van der Waals surface area contributed by atoms with Gasteiger partial charge in [0.15, 0.2) is 0 Å². The van der Waals surface area contributed by atoms with Crippen molar-refractivity contribution in [3.8, 4) is 0 Å². The van der Waals surface area contributed by atoms with E-state index < -0.39 is 12.0 Å². The topological polar surface area (TPSA) is 107 Å². The quantitative estimate of drug-likeness (QED) is 0.345. The van der Waals surface area contributed by atoms with Crippen LogP contribution in [0.4, 0.5) is 0 Å². The highest BCUT2D eigenvalue weighted by Gasteiger charge is 2.15. The Labute approximate surface area is 98.3 Å². The molecule has 1 heterocycles. The fourth-order valence-corrected chi connectivity index (χ4v) is 1.16. The minimum absolute atomic E-state index is 0.00223. The maximum absolute atomic E-state index is 11.4. The first-order valence-electron chi connectivity index (χ1n) is 5.15. The van der Waals surface area contributed by atoms with Crippen LogP contribution in [0.25, 0.3) is 0 Å². The maximum atomic E-state index is 11.4. The van der Waals surface area contributed by atoms with Gasteiger partial charge in [-0.3, -0.25) is 4.79 Å². The summed E-state index contributed by atoms with van der Waals surface area (Å²) in [6.07, 6.45) is 4.08. The van der Waals surface area contributed by atoms with Crippen LogP contribution < -0.4 is 5.73 Å². The number of carbonyl (C=O) groups excluding carboxylic acids is 2. The second kappa shape index (κ2) is 7.53. The van der Waals surface area contributed by atoms with E-state index in [0.29, 0.717) is 12.7 Å². The SMILES string of the molecule is NC(Cc1cnc[nH]1)C(=O)OCCOCC=O. The van der Waals surface area contributed by atoms with Crippen molar-refractivity contribution in [3.05, 3.63) is 18.2 Å². The van der Waals surface area contributed by atoms with Gasteiger partial charge in [-0.1, -0.05) is 0 Å². The second-order valence-electron chi connectivity index (χ2n) is 3.30. The summed E-state index contributed by atoms with van der Waals surface area (Å²) in [5.74, 6) is -0.505. The summed E-state index contributed by atoms with van der Waals surface area (Å²) < 4.78 is 9.68. The fraction of sp³-hybridized carbons (Fsp3) is 0.500. The Hall–Kier alpha value is -1.73. The van der Waals surface area contributed by atoms with Crippen molar-refractivity contribution in [3.63, 3.8) is 0 Å². The van der Waals surface area contributed by atoms with Gasteiger partial charge in [0.2, 0.25) is 0 Å². The summed E-state index contributed by atoms with van der Waals surface area (Å²) in [6.45, 7) is 0.266. The Morgan fingerprint density at radius 2 is 2.41 bits per heavy atom. The molecule has 0 bridgehead atoms. The second-order valence-corrected chi connectivity index (χ2v) is 3.30. The fourth-order valence-electron chi connectivity index (χ4n) is 1.16. The summed E-state index contributed by atoms with van der Waals surface area (Å²) in [6, 6.07) is -0.735. The van der Waals surface area contributed by atoms with E-state index in [0.717, 1.165) is 5.69 Å². The summed E-state index contributed by atoms with van der Waals surface area (Å²) in [4.78, 5) is 28.0. The molecule has 0 radical (unpaired) electrons. The molecule has 1 aromatic rings. The number of ether oxygens (including phenoxy) is 2. The van der Waals surface area contributed by atoms with Crippen molar-refractivity contribution >= 4 is 12.3 Å². The average molecular weight is 241 g/mol. The Bertz CT molecular complexity index is 339. The van der Waals surface area contributed by atoms with Crippen LogP contribution >= 0.6 is 0 Å². The first-order valence-corrected chi connectivity index (χ1v) is 5.15. The van der Waals surface area contributed by atoms with Gasteiger partial charge in [-0.25, -0.2) is 4.98 Å². The van der Waals surface area contributed by atoms with Gasteiger partial charge in [-0.2, -0.15) is 0 Å². The highest BCUT2D eigenvalue weighted by molar-refractivity contribution is 5.75. The summed E-state index contributed by atoms with van der Waals surface area (Å²) in [7, 11) is 0. The normalized spacial score (nSPS) is 12.1. The van der Waals surface area contributed by atoms with Crippen LogP contribution in [0.2, 0.25) is 0 Å². The Morgan fingerprint density at radius 3 is 3.06 bits per heavy atom. The number of nitrogens with one attached hydrogen (secondary N) is 1. The summed E-state index contributed by atoms with van der Waals surface area (Å²) >= 11 is 0. The van der Waals surface area contributed by atoms with Gasteiger partial charge in [0.1, 0.15) is 25.5 Å². The number of imidazole rings is 1. The molecule has 0 aliphatic rings. The van der Waals surface area contributed by atoms with E-state index in [2.05, 4.69) is 9.97 Å². The number of aromatic nitrogens is 2.